The summed E-state index contributed by atoms with van der Waals surface area (Å²) >= 11 is 4.93. The summed E-state index contributed by atoms with van der Waals surface area (Å²) in [4.78, 5) is 4.91. The van der Waals surface area contributed by atoms with E-state index in [1.165, 1.54) is 11.3 Å². The van der Waals surface area contributed by atoms with Gasteiger partial charge in [0.2, 0.25) is 0 Å². The monoisotopic (exact) mass is 298 g/mol. The SMILES string of the molecule is Nc1ncccc1CC(O)c1sccc1Br. The molecule has 2 heterocycles. The van der Waals surface area contributed by atoms with Crippen molar-refractivity contribution in [2.75, 3.05) is 5.73 Å². The first kappa shape index (κ1) is 11.6. The van der Waals surface area contributed by atoms with Crippen LogP contribution in [0.5, 0.6) is 0 Å². The number of pyridine rings is 1. The quantitative estimate of drug-likeness (QED) is 0.916. The maximum absolute atomic E-state index is 10.1. The number of hydrogen-bond donors (Lipinski definition) is 2. The lowest BCUT2D eigenvalue weighted by Gasteiger charge is -2.10. The molecule has 0 aromatic carbocycles. The summed E-state index contributed by atoms with van der Waals surface area (Å²) in [7, 11) is 0. The summed E-state index contributed by atoms with van der Waals surface area (Å²) in [5, 5.41) is 12.0. The Balaban J connectivity index is 2.17. The van der Waals surface area contributed by atoms with E-state index in [0.717, 1.165) is 14.9 Å². The lowest BCUT2D eigenvalue weighted by atomic mass is 10.1. The Morgan fingerprint density at radius 3 is 2.94 bits per heavy atom. The minimum absolute atomic E-state index is 0.481. The number of aliphatic hydroxyl groups excluding tert-OH is 1. The second kappa shape index (κ2) is 4.95. The highest BCUT2D eigenvalue weighted by Gasteiger charge is 2.14. The molecule has 0 fully saturated rings. The number of hydrogen-bond acceptors (Lipinski definition) is 4. The van der Waals surface area contributed by atoms with Crippen LogP contribution in [0, 0.1) is 0 Å². The molecule has 16 heavy (non-hydrogen) atoms. The van der Waals surface area contributed by atoms with Crippen LogP contribution in [0.2, 0.25) is 0 Å². The van der Waals surface area contributed by atoms with Crippen molar-refractivity contribution in [2.45, 2.75) is 12.5 Å². The third-order valence-electron chi connectivity index (χ3n) is 2.29. The summed E-state index contributed by atoms with van der Waals surface area (Å²) < 4.78 is 0.937. The van der Waals surface area contributed by atoms with Gasteiger partial charge < -0.3 is 10.8 Å². The largest absolute Gasteiger partial charge is 0.387 e. The Labute approximate surface area is 106 Å². The molecule has 3 N–H and O–H groups in total. The minimum atomic E-state index is -0.541. The van der Waals surface area contributed by atoms with E-state index in [2.05, 4.69) is 20.9 Å². The third kappa shape index (κ3) is 2.42. The number of aliphatic hydroxyl groups is 1. The predicted octanol–water partition coefficient (Wildman–Crippen LogP) is 2.76. The number of aromatic nitrogens is 1. The zero-order valence-corrected chi connectivity index (χ0v) is 10.8. The van der Waals surface area contributed by atoms with Gasteiger partial charge in [-0.25, -0.2) is 4.98 Å². The predicted molar refractivity (Wildman–Crippen MR) is 69.3 cm³/mol. The summed E-state index contributed by atoms with van der Waals surface area (Å²) in [6.45, 7) is 0. The Bertz CT molecular complexity index is 486. The number of anilines is 1. The average molecular weight is 299 g/mol. The van der Waals surface area contributed by atoms with E-state index >= 15 is 0 Å². The number of halogens is 1. The fourth-order valence-electron chi connectivity index (χ4n) is 1.47. The van der Waals surface area contributed by atoms with Crippen molar-refractivity contribution in [3.05, 3.63) is 44.7 Å². The van der Waals surface area contributed by atoms with E-state index in [0.29, 0.717) is 12.2 Å². The first-order valence-electron chi connectivity index (χ1n) is 4.79. The van der Waals surface area contributed by atoms with E-state index in [1.54, 1.807) is 6.20 Å². The Hall–Kier alpha value is -0.910. The molecular weight excluding hydrogens is 288 g/mol. The van der Waals surface area contributed by atoms with Crippen LogP contribution in [-0.4, -0.2) is 10.1 Å². The molecule has 1 atom stereocenters. The van der Waals surface area contributed by atoms with Crippen molar-refractivity contribution in [3.63, 3.8) is 0 Å². The molecule has 3 nitrogen and oxygen atoms in total. The number of nitrogens with two attached hydrogens (primary N) is 1. The van der Waals surface area contributed by atoms with Crippen molar-refractivity contribution >= 4 is 33.1 Å². The molecule has 84 valence electrons. The molecule has 0 aliphatic carbocycles. The standard InChI is InChI=1S/C11H11BrN2OS/c12-8-3-5-16-10(8)9(15)6-7-2-1-4-14-11(7)13/h1-5,9,15H,6H2,(H2,13,14). The van der Waals surface area contributed by atoms with Crippen molar-refractivity contribution in [1.29, 1.82) is 0 Å². The summed E-state index contributed by atoms with van der Waals surface area (Å²) in [6.07, 6.45) is 1.59. The van der Waals surface area contributed by atoms with Crippen LogP contribution in [-0.2, 0) is 6.42 Å². The zero-order chi connectivity index (χ0) is 11.5. The lowest BCUT2D eigenvalue weighted by Crippen LogP contribution is -2.04. The van der Waals surface area contributed by atoms with Crippen LogP contribution in [0.3, 0.4) is 0 Å². The van der Waals surface area contributed by atoms with E-state index in [1.807, 2.05) is 23.6 Å². The van der Waals surface area contributed by atoms with Crippen molar-refractivity contribution in [2.24, 2.45) is 0 Å². The van der Waals surface area contributed by atoms with Gasteiger partial charge in [-0.2, -0.15) is 0 Å². The number of thiophene rings is 1. The fraction of sp³-hybridized carbons (Fsp3) is 0.182. The fourth-order valence-corrected chi connectivity index (χ4v) is 3.09. The molecule has 0 spiro atoms. The topological polar surface area (TPSA) is 59.1 Å². The van der Waals surface area contributed by atoms with Crippen molar-refractivity contribution < 1.29 is 5.11 Å². The number of nitrogen functional groups attached to an aromatic ring is 1. The maximum atomic E-state index is 10.1. The summed E-state index contributed by atoms with van der Waals surface area (Å²) in [6, 6.07) is 5.63. The van der Waals surface area contributed by atoms with Gasteiger partial charge in [-0.15, -0.1) is 11.3 Å². The second-order valence-corrected chi connectivity index (χ2v) is 5.20. The molecule has 0 amide bonds. The first-order chi connectivity index (χ1) is 7.68. The molecule has 2 rings (SSSR count). The van der Waals surface area contributed by atoms with Crippen LogP contribution in [0.1, 0.15) is 16.5 Å². The number of rotatable bonds is 3. The van der Waals surface area contributed by atoms with Crippen LogP contribution in [0.25, 0.3) is 0 Å². The normalized spacial score (nSPS) is 12.6. The van der Waals surface area contributed by atoms with Gasteiger partial charge in [0.25, 0.3) is 0 Å². The van der Waals surface area contributed by atoms with Crippen LogP contribution < -0.4 is 5.73 Å². The van der Waals surface area contributed by atoms with E-state index < -0.39 is 6.10 Å². The van der Waals surface area contributed by atoms with Crippen LogP contribution >= 0.6 is 27.3 Å². The van der Waals surface area contributed by atoms with Crippen molar-refractivity contribution in [1.82, 2.24) is 4.98 Å². The van der Waals surface area contributed by atoms with Gasteiger partial charge in [0.1, 0.15) is 5.82 Å². The highest BCUT2D eigenvalue weighted by molar-refractivity contribution is 9.10. The zero-order valence-electron chi connectivity index (χ0n) is 8.43. The number of nitrogens with zero attached hydrogens (tertiary/aromatic N) is 1. The Morgan fingerprint density at radius 1 is 1.50 bits per heavy atom. The molecule has 0 saturated carbocycles. The van der Waals surface area contributed by atoms with Gasteiger partial charge in [0.05, 0.1) is 6.10 Å². The second-order valence-electron chi connectivity index (χ2n) is 3.40. The van der Waals surface area contributed by atoms with Gasteiger partial charge >= 0.3 is 0 Å². The Morgan fingerprint density at radius 2 is 2.31 bits per heavy atom. The minimum Gasteiger partial charge on any atom is -0.387 e. The molecule has 0 radical (unpaired) electrons. The smallest absolute Gasteiger partial charge is 0.126 e. The lowest BCUT2D eigenvalue weighted by molar-refractivity contribution is 0.181. The molecule has 0 bridgehead atoms. The van der Waals surface area contributed by atoms with Gasteiger partial charge in [0.15, 0.2) is 0 Å². The first-order valence-corrected chi connectivity index (χ1v) is 6.46. The van der Waals surface area contributed by atoms with Crippen LogP contribution in [0.4, 0.5) is 5.82 Å². The Kier molecular flexibility index (Phi) is 3.58. The highest BCUT2D eigenvalue weighted by atomic mass is 79.9. The maximum Gasteiger partial charge on any atom is 0.126 e. The summed E-state index contributed by atoms with van der Waals surface area (Å²) in [5.74, 6) is 0.481. The molecular formula is C11H11BrN2OS. The van der Waals surface area contributed by atoms with Gasteiger partial charge in [-0.05, 0) is 39.0 Å². The molecule has 0 saturated heterocycles. The average Bonchev–Trinajstić information content (AvgIpc) is 2.68. The van der Waals surface area contributed by atoms with E-state index in [4.69, 9.17) is 5.73 Å². The molecule has 0 aliphatic heterocycles. The van der Waals surface area contributed by atoms with E-state index in [-0.39, 0.29) is 0 Å². The molecule has 0 aliphatic rings. The third-order valence-corrected chi connectivity index (χ3v) is 4.26. The molecule has 1 unspecified atom stereocenters. The highest BCUT2D eigenvalue weighted by Crippen LogP contribution is 2.31. The summed E-state index contributed by atoms with van der Waals surface area (Å²) in [5.41, 5.74) is 6.60. The molecule has 5 heteroatoms. The van der Waals surface area contributed by atoms with E-state index in [9.17, 15) is 5.11 Å². The van der Waals surface area contributed by atoms with Gasteiger partial charge in [-0.1, -0.05) is 6.07 Å². The molecule has 2 aromatic rings. The molecule has 2 aromatic heterocycles. The van der Waals surface area contributed by atoms with Gasteiger partial charge in [0, 0.05) is 22.0 Å². The van der Waals surface area contributed by atoms with Gasteiger partial charge in [-0.3, -0.25) is 0 Å². The van der Waals surface area contributed by atoms with Crippen LogP contribution in [0.15, 0.2) is 34.2 Å². The van der Waals surface area contributed by atoms with Crippen molar-refractivity contribution in [3.8, 4) is 0 Å².